The average Bonchev–Trinajstić information content (AvgIpc) is 3.69. The number of carbonyl (C=O) groups excluding carboxylic acids is 3. The number of rotatable bonds is 5. The van der Waals surface area contributed by atoms with Crippen LogP contribution in [0.2, 0.25) is 0 Å². The van der Waals surface area contributed by atoms with Crippen molar-refractivity contribution in [1.82, 2.24) is 14.8 Å². The predicted molar refractivity (Wildman–Crippen MR) is 142 cm³/mol. The molecular formula is C27H29N3O7S2. The minimum absolute atomic E-state index is 0.00846. The van der Waals surface area contributed by atoms with E-state index in [9.17, 15) is 19.2 Å². The van der Waals surface area contributed by atoms with Crippen molar-refractivity contribution in [2.24, 2.45) is 29.6 Å². The van der Waals surface area contributed by atoms with Gasteiger partial charge in [-0.25, -0.2) is 0 Å². The Morgan fingerprint density at radius 1 is 1.05 bits per heavy atom. The van der Waals surface area contributed by atoms with Gasteiger partial charge in [0.15, 0.2) is 11.5 Å². The highest BCUT2D eigenvalue weighted by atomic mass is 32.2. The number of thioether (sulfide) groups is 1. The lowest BCUT2D eigenvalue weighted by Crippen LogP contribution is -2.47. The van der Waals surface area contributed by atoms with Gasteiger partial charge in [-0.2, -0.15) is 0 Å². The number of nitrogens with one attached hydrogen (secondary N) is 1. The van der Waals surface area contributed by atoms with Gasteiger partial charge < -0.3 is 24.1 Å². The zero-order valence-electron chi connectivity index (χ0n) is 21.6. The van der Waals surface area contributed by atoms with Gasteiger partial charge in [-0.05, 0) is 41.9 Å². The molecule has 3 aliphatic heterocycles. The van der Waals surface area contributed by atoms with Crippen LogP contribution < -0.4 is 14.3 Å². The second-order valence-electron chi connectivity index (χ2n) is 10.8. The first kappa shape index (κ1) is 25.2. The third kappa shape index (κ3) is 3.71. The summed E-state index contributed by atoms with van der Waals surface area (Å²) in [6.07, 6.45) is 0.795. The van der Waals surface area contributed by atoms with E-state index in [4.69, 9.17) is 14.2 Å². The van der Waals surface area contributed by atoms with E-state index in [-0.39, 0.29) is 58.1 Å². The first-order valence-electron chi connectivity index (χ1n) is 13.2. The number of thiazole rings is 1. The molecule has 3 amide bonds. The van der Waals surface area contributed by atoms with Gasteiger partial charge in [0, 0.05) is 29.1 Å². The summed E-state index contributed by atoms with van der Waals surface area (Å²) < 4.78 is 16.4. The number of ether oxygens (including phenoxy) is 3. The Morgan fingerprint density at radius 3 is 2.49 bits per heavy atom. The quantitative estimate of drug-likeness (QED) is 0.540. The molecule has 1 aromatic heterocycles. The number of hydrogen-bond acceptors (Lipinski definition) is 9. The highest BCUT2D eigenvalue weighted by molar-refractivity contribution is 8.00. The number of nitrogens with zero attached hydrogens (tertiary/aromatic N) is 2. The summed E-state index contributed by atoms with van der Waals surface area (Å²) in [5, 5.41) is 0.935. The van der Waals surface area contributed by atoms with Crippen LogP contribution in [0.1, 0.15) is 22.8 Å². The normalized spacial score (nSPS) is 32.7. The summed E-state index contributed by atoms with van der Waals surface area (Å²) in [6, 6.07) is 5.84. The fourth-order valence-electron chi connectivity index (χ4n) is 7.70. The molecule has 4 fully saturated rings. The zero-order chi connectivity index (χ0) is 27.0. The largest absolute Gasteiger partial charge is 0.493 e. The molecule has 2 bridgehead atoms. The van der Waals surface area contributed by atoms with Crippen molar-refractivity contribution < 1.29 is 28.6 Å². The van der Waals surface area contributed by atoms with Gasteiger partial charge in [0.1, 0.15) is 6.54 Å². The highest BCUT2D eigenvalue weighted by Crippen LogP contribution is 2.68. The topological polar surface area (TPSA) is 118 Å². The fourth-order valence-corrected chi connectivity index (χ4v) is 10.6. The van der Waals surface area contributed by atoms with Crippen molar-refractivity contribution in [1.29, 1.82) is 0 Å². The van der Waals surface area contributed by atoms with Gasteiger partial charge in [-0.15, -0.1) is 11.8 Å². The first-order valence-corrected chi connectivity index (χ1v) is 14.9. The van der Waals surface area contributed by atoms with Gasteiger partial charge in [0.05, 0.1) is 44.3 Å². The molecule has 0 spiro atoms. The fraction of sp³-hybridized carbons (Fsp3) is 0.556. The molecule has 10 nitrogen and oxygen atoms in total. The molecule has 5 aliphatic rings. The standard InChI is InChI=1S/C27H29N3O7S2/c1-35-15-4-3-12(9-16(15)36-2)18-19-13-10-14(22(19)38-24-23(18)39-27(34)28-24)21-20(13)25(32)30(26(21)33)11-17(31)29-5-7-37-8-6-29/h3-4,9,13-14,18-22H,5-8,10-11H2,1-2H3,(H,28,34)/t13?,14?,18-,19?,20?,21?,22?/m1/s1. The molecule has 1 aromatic carbocycles. The van der Waals surface area contributed by atoms with E-state index in [0.29, 0.717) is 37.8 Å². The van der Waals surface area contributed by atoms with E-state index in [1.807, 2.05) is 18.2 Å². The summed E-state index contributed by atoms with van der Waals surface area (Å²) in [5.41, 5.74) is 1.000. The molecule has 4 heterocycles. The molecule has 7 atom stereocenters. The number of hydrogen-bond donors (Lipinski definition) is 1. The molecule has 6 unspecified atom stereocenters. The summed E-state index contributed by atoms with van der Waals surface area (Å²) >= 11 is 2.86. The van der Waals surface area contributed by atoms with E-state index >= 15 is 0 Å². The number of carbonyl (C=O) groups is 3. The summed E-state index contributed by atoms with van der Waals surface area (Å²) in [7, 11) is 3.19. The number of methoxy groups -OCH3 is 2. The summed E-state index contributed by atoms with van der Waals surface area (Å²) in [5.74, 6) is -0.300. The Balaban J connectivity index is 1.23. The third-order valence-corrected chi connectivity index (χ3v) is 11.8. The van der Waals surface area contributed by atoms with Gasteiger partial charge in [0.25, 0.3) is 0 Å². The minimum atomic E-state index is -0.429. The number of aromatic amines is 1. The van der Waals surface area contributed by atoms with E-state index in [1.54, 1.807) is 30.9 Å². The van der Waals surface area contributed by atoms with E-state index in [0.717, 1.165) is 21.9 Å². The van der Waals surface area contributed by atoms with Crippen LogP contribution in [0.25, 0.3) is 0 Å². The molecule has 39 heavy (non-hydrogen) atoms. The lowest BCUT2D eigenvalue weighted by Gasteiger charge is -2.43. The Kier molecular flexibility index (Phi) is 6.05. The Labute approximate surface area is 233 Å². The number of H-pyrrole nitrogens is 1. The molecule has 0 radical (unpaired) electrons. The van der Waals surface area contributed by atoms with Crippen LogP contribution in [0, 0.1) is 29.6 Å². The van der Waals surface area contributed by atoms with Crippen LogP contribution in [0.15, 0.2) is 28.0 Å². The lowest BCUT2D eigenvalue weighted by molar-refractivity contribution is -0.148. The van der Waals surface area contributed by atoms with Gasteiger partial charge in [0.2, 0.25) is 17.7 Å². The van der Waals surface area contributed by atoms with Crippen LogP contribution in [-0.4, -0.2) is 84.8 Å². The number of aromatic nitrogens is 1. The number of amides is 3. The third-order valence-electron chi connectivity index (χ3n) is 9.24. The molecule has 2 aliphatic carbocycles. The molecule has 7 rings (SSSR count). The van der Waals surface area contributed by atoms with E-state index < -0.39 is 11.8 Å². The van der Waals surface area contributed by atoms with Crippen molar-refractivity contribution in [3.05, 3.63) is 38.3 Å². The summed E-state index contributed by atoms with van der Waals surface area (Å²) in [6.45, 7) is 1.68. The van der Waals surface area contributed by atoms with Gasteiger partial charge in [-0.3, -0.25) is 24.1 Å². The Hall–Kier alpha value is -2.83. The molecular weight excluding hydrogens is 542 g/mol. The molecule has 2 saturated carbocycles. The van der Waals surface area contributed by atoms with Gasteiger partial charge in [-0.1, -0.05) is 17.4 Å². The first-order chi connectivity index (χ1) is 18.9. The van der Waals surface area contributed by atoms with Crippen LogP contribution in [0.5, 0.6) is 11.5 Å². The average molecular weight is 572 g/mol. The Bertz CT molecular complexity index is 1420. The van der Waals surface area contributed by atoms with Crippen molar-refractivity contribution in [3.8, 4) is 11.5 Å². The smallest absolute Gasteiger partial charge is 0.305 e. The number of morpholine rings is 1. The number of benzene rings is 1. The maximum absolute atomic E-state index is 13.8. The Morgan fingerprint density at radius 2 is 1.77 bits per heavy atom. The number of likely N-dealkylation sites (tertiary alicyclic amines) is 1. The van der Waals surface area contributed by atoms with Crippen molar-refractivity contribution in [3.63, 3.8) is 0 Å². The van der Waals surface area contributed by atoms with Crippen molar-refractivity contribution in [2.75, 3.05) is 47.1 Å². The molecule has 12 heteroatoms. The second kappa shape index (κ2) is 9.38. The number of imide groups is 1. The van der Waals surface area contributed by atoms with E-state index in [2.05, 4.69) is 4.98 Å². The van der Waals surface area contributed by atoms with Crippen LogP contribution >= 0.6 is 23.1 Å². The van der Waals surface area contributed by atoms with Crippen molar-refractivity contribution in [2.45, 2.75) is 22.6 Å². The molecule has 2 saturated heterocycles. The highest BCUT2D eigenvalue weighted by Gasteiger charge is 2.69. The minimum Gasteiger partial charge on any atom is -0.493 e. The maximum atomic E-state index is 13.8. The molecule has 2 aromatic rings. The van der Waals surface area contributed by atoms with Gasteiger partial charge >= 0.3 is 4.87 Å². The molecule has 206 valence electrons. The lowest BCUT2D eigenvalue weighted by atomic mass is 9.68. The van der Waals surface area contributed by atoms with Crippen LogP contribution in [-0.2, 0) is 19.1 Å². The maximum Gasteiger partial charge on any atom is 0.305 e. The SMILES string of the molecule is COc1ccc([C@H]2c3sc(=O)[nH]c3SC3C4CC(C5C(=O)N(CC(=O)N6CCOCC6)C(=O)C45)C32)cc1OC. The molecule has 1 N–H and O–H groups in total. The van der Waals surface area contributed by atoms with E-state index in [1.165, 1.54) is 16.2 Å². The summed E-state index contributed by atoms with van der Waals surface area (Å²) in [4.78, 5) is 59.6. The zero-order valence-corrected chi connectivity index (χ0v) is 23.2. The van der Waals surface area contributed by atoms with Crippen molar-refractivity contribution >= 4 is 40.8 Å². The van der Waals surface area contributed by atoms with Crippen LogP contribution in [0.4, 0.5) is 0 Å². The predicted octanol–water partition coefficient (Wildman–Crippen LogP) is 1.79. The number of fused-ring (bicyclic) bond motifs is 9. The van der Waals surface area contributed by atoms with Crippen LogP contribution in [0.3, 0.4) is 0 Å². The monoisotopic (exact) mass is 571 g/mol. The second-order valence-corrected chi connectivity index (χ2v) is 13.0.